The van der Waals surface area contributed by atoms with Crippen LogP contribution in [0.5, 0.6) is 0 Å². The largest absolute Gasteiger partial charge is 0.310 e. The molecule has 0 saturated carbocycles. The van der Waals surface area contributed by atoms with Crippen molar-refractivity contribution >= 4 is 15.9 Å². The lowest BCUT2D eigenvalue weighted by Crippen LogP contribution is -2.25. The van der Waals surface area contributed by atoms with Crippen molar-refractivity contribution in [3.8, 4) is 0 Å². The molecule has 0 bridgehead atoms. The van der Waals surface area contributed by atoms with E-state index in [4.69, 9.17) is 0 Å². The highest BCUT2D eigenvalue weighted by Gasteiger charge is 2.18. The van der Waals surface area contributed by atoms with Crippen LogP contribution in [0.3, 0.4) is 0 Å². The van der Waals surface area contributed by atoms with Gasteiger partial charge in [-0.05, 0) is 38.1 Å². The third-order valence-electron chi connectivity index (χ3n) is 3.31. The molecule has 2 rings (SSSR count). The van der Waals surface area contributed by atoms with Gasteiger partial charge in [-0.2, -0.15) is 5.10 Å². The molecule has 0 aliphatic carbocycles. The van der Waals surface area contributed by atoms with Crippen LogP contribution < -0.4 is 5.32 Å². The third-order valence-corrected chi connectivity index (χ3v) is 4.00. The maximum absolute atomic E-state index is 13.3. The first-order chi connectivity index (χ1) is 10.0. The van der Waals surface area contributed by atoms with Crippen LogP contribution in [0.2, 0.25) is 0 Å². The van der Waals surface area contributed by atoms with Gasteiger partial charge in [0.1, 0.15) is 18.0 Å². The number of halogens is 2. The molecular formula is C15H20BrFN4. The second-order valence-electron chi connectivity index (χ2n) is 5.19. The first-order valence-electron chi connectivity index (χ1n) is 7.09. The van der Waals surface area contributed by atoms with E-state index in [0.29, 0.717) is 6.42 Å². The zero-order valence-corrected chi connectivity index (χ0v) is 14.1. The van der Waals surface area contributed by atoms with E-state index in [1.54, 1.807) is 6.33 Å². The average molecular weight is 355 g/mol. The molecule has 0 aliphatic heterocycles. The molecular weight excluding hydrogens is 335 g/mol. The van der Waals surface area contributed by atoms with Crippen LogP contribution in [0.15, 0.2) is 29.0 Å². The summed E-state index contributed by atoms with van der Waals surface area (Å²) < 4.78 is 16.0. The first kappa shape index (κ1) is 16.1. The lowest BCUT2D eigenvalue weighted by molar-refractivity contribution is 0.467. The number of aromatic nitrogens is 3. The van der Waals surface area contributed by atoms with Crippen LogP contribution >= 0.6 is 15.9 Å². The second kappa shape index (κ2) is 7.13. The number of nitrogens with one attached hydrogen (secondary N) is 1. The molecule has 1 heterocycles. The van der Waals surface area contributed by atoms with Gasteiger partial charge in [-0.15, -0.1) is 0 Å². The first-order valence-corrected chi connectivity index (χ1v) is 7.89. The molecule has 1 N–H and O–H groups in total. The molecule has 0 spiro atoms. The summed E-state index contributed by atoms with van der Waals surface area (Å²) in [4.78, 5) is 4.35. The highest BCUT2D eigenvalue weighted by molar-refractivity contribution is 9.10. The van der Waals surface area contributed by atoms with Crippen molar-refractivity contribution in [3.63, 3.8) is 0 Å². The van der Waals surface area contributed by atoms with E-state index in [9.17, 15) is 4.39 Å². The summed E-state index contributed by atoms with van der Waals surface area (Å²) in [7, 11) is 0. The Morgan fingerprint density at radius 2 is 2.14 bits per heavy atom. The number of rotatable bonds is 6. The molecule has 0 fully saturated rings. The summed E-state index contributed by atoms with van der Waals surface area (Å²) in [5, 5.41) is 7.70. The van der Waals surface area contributed by atoms with Crippen molar-refractivity contribution in [2.45, 2.75) is 39.3 Å². The SMILES string of the molecule is CCNC(Cc1ncnn1C(C)C)c1ccc(F)cc1Br. The molecule has 0 saturated heterocycles. The van der Waals surface area contributed by atoms with Crippen molar-refractivity contribution in [3.05, 3.63) is 46.2 Å². The molecule has 0 aliphatic rings. The minimum absolute atomic E-state index is 0.0617. The van der Waals surface area contributed by atoms with Gasteiger partial charge in [-0.25, -0.2) is 14.1 Å². The molecule has 6 heteroatoms. The maximum Gasteiger partial charge on any atom is 0.138 e. The van der Waals surface area contributed by atoms with Gasteiger partial charge >= 0.3 is 0 Å². The number of likely N-dealkylation sites (N-methyl/N-ethyl adjacent to an activating group) is 1. The smallest absolute Gasteiger partial charge is 0.138 e. The van der Waals surface area contributed by atoms with Gasteiger partial charge in [-0.1, -0.05) is 28.9 Å². The van der Waals surface area contributed by atoms with Crippen molar-refractivity contribution < 1.29 is 4.39 Å². The Morgan fingerprint density at radius 1 is 1.38 bits per heavy atom. The number of benzene rings is 1. The molecule has 1 aromatic carbocycles. The average Bonchev–Trinajstić information content (AvgIpc) is 2.86. The van der Waals surface area contributed by atoms with Gasteiger partial charge in [-0.3, -0.25) is 0 Å². The normalized spacial score (nSPS) is 12.9. The number of hydrogen-bond donors (Lipinski definition) is 1. The van der Waals surface area contributed by atoms with E-state index in [1.165, 1.54) is 12.1 Å². The molecule has 0 amide bonds. The quantitative estimate of drug-likeness (QED) is 0.860. The molecule has 21 heavy (non-hydrogen) atoms. The van der Waals surface area contributed by atoms with Crippen LogP contribution in [-0.2, 0) is 6.42 Å². The maximum atomic E-state index is 13.3. The van der Waals surface area contributed by atoms with Crippen LogP contribution in [0.25, 0.3) is 0 Å². The fourth-order valence-electron chi connectivity index (χ4n) is 2.36. The van der Waals surface area contributed by atoms with E-state index in [2.05, 4.69) is 52.1 Å². The molecule has 2 aromatic rings. The predicted octanol–water partition coefficient (Wildman–Crippen LogP) is 3.65. The van der Waals surface area contributed by atoms with E-state index in [1.807, 2.05) is 10.7 Å². The Kier molecular flexibility index (Phi) is 5.47. The van der Waals surface area contributed by atoms with Crippen LogP contribution in [-0.4, -0.2) is 21.3 Å². The standard InChI is InChI=1S/C15H20BrFN4/c1-4-18-14(12-6-5-11(17)7-13(12)16)8-15-19-9-20-21(15)10(2)3/h5-7,9-10,14,18H,4,8H2,1-3H3. The van der Waals surface area contributed by atoms with Crippen molar-refractivity contribution in [1.82, 2.24) is 20.1 Å². The molecule has 1 unspecified atom stereocenters. The van der Waals surface area contributed by atoms with Crippen molar-refractivity contribution in [2.24, 2.45) is 0 Å². The molecule has 0 radical (unpaired) electrons. The summed E-state index contributed by atoms with van der Waals surface area (Å²) in [6.45, 7) is 7.03. The lowest BCUT2D eigenvalue weighted by atomic mass is 10.0. The van der Waals surface area contributed by atoms with Crippen LogP contribution in [0, 0.1) is 5.82 Å². The Balaban J connectivity index is 2.28. The predicted molar refractivity (Wildman–Crippen MR) is 84.6 cm³/mol. The van der Waals surface area contributed by atoms with Gasteiger partial charge in [0.15, 0.2) is 0 Å². The number of nitrogens with zero attached hydrogens (tertiary/aromatic N) is 3. The topological polar surface area (TPSA) is 42.7 Å². The fourth-order valence-corrected chi connectivity index (χ4v) is 2.98. The highest BCUT2D eigenvalue weighted by atomic mass is 79.9. The Hall–Kier alpha value is -1.27. The Bertz CT molecular complexity index is 597. The number of hydrogen-bond acceptors (Lipinski definition) is 3. The second-order valence-corrected chi connectivity index (χ2v) is 6.05. The monoisotopic (exact) mass is 354 g/mol. The third kappa shape index (κ3) is 3.89. The molecule has 1 atom stereocenters. The van der Waals surface area contributed by atoms with E-state index in [0.717, 1.165) is 22.4 Å². The Labute approximate surface area is 132 Å². The summed E-state index contributed by atoms with van der Waals surface area (Å²) >= 11 is 3.45. The Morgan fingerprint density at radius 3 is 2.76 bits per heavy atom. The lowest BCUT2D eigenvalue weighted by Gasteiger charge is -2.20. The summed E-state index contributed by atoms with van der Waals surface area (Å²) in [6.07, 6.45) is 2.29. The molecule has 1 aromatic heterocycles. The minimum atomic E-state index is -0.244. The summed E-state index contributed by atoms with van der Waals surface area (Å²) in [6, 6.07) is 5.11. The van der Waals surface area contributed by atoms with Gasteiger partial charge < -0.3 is 5.32 Å². The van der Waals surface area contributed by atoms with Crippen molar-refractivity contribution in [2.75, 3.05) is 6.54 Å². The van der Waals surface area contributed by atoms with Crippen molar-refractivity contribution in [1.29, 1.82) is 0 Å². The van der Waals surface area contributed by atoms with Gasteiger partial charge in [0.05, 0.1) is 0 Å². The summed E-state index contributed by atoms with van der Waals surface area (Å²) in [5.74, 6) is 0.679. The van der Waals surface area contributed by atoms with Gasteiger partial charge in [0, 0.05) is 23.0 Å². The van der Waals surface area contributed by atoms with Gasteiger partial charge in [0.2, 0.25) is 0 Å². The van der Waals surface area contributed by atoms with Crippen LogP contribution in [0.1, 0.15) is 44.2 Å². The highest BCUT2D eigenvalue weighted by Crippen LogP contribution is 2.27. The van der Waals surface area contributed by atoms with E-state index < -0.39 is 0 Å². The van der Waals surface area contributed by atoms with Crippen LogP contribution in [0.4, 0.5) is 4.39 Å². The van der Waals surface area contributed by atoms with Gasteiger partial charge in [0.25, 0.3) is 0 Å². The van der Waals surface area contributed by atoms with E-state index >= 15 is 0 Å². The zero-order valence-electron chi connectivity index (χ0n) is 12.5. The fraction of sp³-hybridized carbons (Fsp3) is 0.467. The molecule has 114 valence electrons. The zero-order chi connectivity index (χ0) is 15.4. The minimum Gasteiger partial charge on any atom is -0.310 e. The molecule has 4 nitrogen and oxygen atoms in total. The summed E-state index contributed by atoms with van der Waals surface area (Å²) in [5.41, 5.74) is 1.02. The van der Waals surface area contributed by atoms with E-state index in [-0.39, 0.29) is 17.9 Å².